The third kappa shape index (κ3) is 4.44. The SMILES string of the molecule is COc1ccccc1N1CCN(CCCN=C2CC(=O)N(C)C(=O)N2C)CC1. The second-order valence-corrected chi connectivity index (χ2v) is 7.12. The minimum atomic E-state index is -0.317. The van der Waals surface area contributed by atoms with Gasteiger partial charge in [-0.2, -0.15) is 0 Å². The van der Waals surface area contributed by atoms with E-state index in [9.17, 15) is 9.59 Å². The molecule has 2 aliphatic heterocycles. The van der Waals surface area contributed by atoms with Gasteiger partial charge >= 0.3 is 6.03 Å². The number of carbonyl (C=O) groups is 2. The average Bonchev–Trinajstić information content (AvgIpc) is 2.73. The van der Waals surface area contributed by atoms with Crippen LogP contribution >= 0.6 is 0 Å². The minimum absolute atomic E-state index is 0.191. The van der Waals surface area contributed by atoms with Crippen LogP contribution in [0.5, 0.6) is 5.75 Å². The fourth-order valence-electron chi connectivity index (χ4n) is 3.58. The number of urea groups is 1. The van der Waals surface area contributed by atoms with E-state index in [1.807, 2.05) is 18.2 Å². The summed E-state index contributed by atoms with van der Waals surface area (Å²) in [7, 11) is 4.88. The molecule has 2 heterocycles. The first-order valence-electron chi connectivity index (χ1n) is 9.69. The molecule has 2 aliphatic rings. The quantitative estimate of drug-likeness (QED) is 0.693. The lowest BCUT2D eigenvalue weighted by Gasteiger charge is -2.36. The number of carbonyl (C=O) groups excluding carboxylic acids is 2. The van der Waals surface area contributed by atoms with Crippen LogP contribution in [0.3, 0.4) is 0 Å². The Morgan fingerprint density at radius 1 is 1.04 bits per heavy atom. The second-order valence-electron chi connectivity index (χ2n) is 7.12. The van der Waals surface area contributed by atoms with Gasteiger partial charge in [0, 0.05) is 53.4 Å². The lowest BCUT2D eigenvalue weighted by molar-refractivity contribution is -0.127. The highest BCUT2D eigenvalue weighted by Crippen LogP contribution is 2.28. The van der Waals surface area contributed by atoms with Crippen molar-refractivity contribution in [1.29, 1.82) is 0 Å². The molecule has 2 saturated heterocycles. The molecular weight excluding hydrogens is 358 g/mol. The first kappa shape index (κ1) is 20.1. The molecule has 152 valence electrons. The molecule has 0 saturated carbocycles. The van der Waals surface area contributed by atoms with Crippen molar-refractivity contribution in [1.82, 2.24) is 14.7 Å². The van der Waals surface area contributed by atoms with Gasteiger partial charge in [0.25, 0.3) is 0 Å². The van der Waals surface area contributed by atoms with Crippen LogP contribution in [-0.4, -0.2) is 92.9 Å². The topological polar surface area (TPSA) is 68.7 Å². The van der Waals surface area contributed by atoms with Crippen molar-refractivity contribution in [2.24, 2.45) is 4.99 Å². The number of piperazine rings is 1. The molecule has 0 aromatic heterocycles. The average molecular weight is 387 g/mol. The van der Waals surface area contributed by atoms with E-state index in [0.29, 0.717) is 12.4 Å². The van der Waals surface area contributed by atoms with Gasteiger partial charge in [-0.1, -0.05) is 12.1 Å². The van der Waals surface area contributed by atoms with Crippen LogP contribution in [-0.2, 0) is 4.79 Å². The summed E-state index contributed by atoms with van der Waals surface area (Å²) in [5.74, 6) is 1.28. The molecule has 8 heteroatoms. The van der Waals surface area contributed by atoms with Gasteiger partial charge in [-0.05, 0) is 18.6 Å². The lowest BCUT2D eigenvalue weighted by Crippen LogP contribution is -2.51. The van der Waals surface area contributed by atoms with Gasteiger partial charge in [0.05, 0.1) is 19.2 Å². The van der Waals surface area contributed by atoms with Gasteiger partial charge in [0.1, 0.15) is 11.6 Å². The molecule has 0 atom stereocenters. The molecule has 8 nitrogen and oxygen atoms in total. The Labute approximate surface area is 166 Å². The maximum atomic E-state index is 11.9. The van der Waals surface area contributed by atoms with E-state index in [-0.39, 0.29) is 18.4 Å². The first-order chi connectivity index (χ1) is 13.5. The van der Waals surface area contributed by atoms with Crippen LogP contribution in [0, 0.1) is 0 Å². The van der Waals surface area contributed by atoms with Crippen LogP contribution in [0.15, 0.2) is 29.3 Å². The number of methoxy groups -OCH3 is 1. The normalized spacial score (nSPS) is 20.2. The highest BCUT2D eigenvalue weighted by molar-refractivity contribution is 6.15. The van der Waals surface area contributed by atoms with Crippen molar-refractivity contribution in [3.05, 3.63) is 24.3 Å². The highest BCUT2D eigenvalue weighted by Gasteiger charge is 2.31. The van der Waals surface area contributed by atoms with E-state index in [0.717, 1.165) is 55.5 Å². The largest absolute Gasteiger partial charge is 0.495 e. The number of amidine groups is 1. The zero-order chi connectivity index (χ0) is 20.1. The lowest BCUT2D eigenvalue weighted by atomic mass is 10.2. The molecular formula is C20H29N5O3. The van der Waals surface area contributed by atoms with Gasteiger partial charge in [0.15, 0.2) is 0 Å². The molecule has 2 fully saturated rings. The van der Waals surface area contributed by atoms with Crippen molar-refractivity contribution in [3.63, 3.8) is 0 Å². The van der Waals surface area contributed by atoms with Gasteiger partial charge < -0.3 is 9.64 Å². The fourth-order valence-corrected chi connectivity index (χ4v) is 3.58. The van der Waals surface area contributed by atoms with Gasteiger partial charge in [-0.3, -0.25) is 24.5 Å². The van der Waals surface area contributed by atoms with Crippen molar-refractivity contribution >= 4 is 23.5 Å². The van der Waals surface area contributed by atoms with E-state index in [4.69, 9.17) is 4.74 Å². The summed E-state index contributed by atoms with van der Waals surface area (Å²) in [5, 5.41) is 0. The number of ether oxygens (including phenoxy) is 1. The molecule has 0 aliphatic carbocycles. The molecule has 3 amide bonds. The minimum Gasteiger partial charge on any atom is -0.495 e. The predicted octanol–water partition coefficient (Wildman–Crippen LogP) is 1.52. The monoisotopic (exact) mass is 387 g/mol. The maximum absolute atomic E-state index is 11.9. The zero-order valence-corrected chi connectivity index (χ0v) is 16.9. The molecule has 0 N–H and O–H groups in total. The van der Waals surface area contributed by atoms with Crippen molar-refractivity contribution in [2.45, 2.75) is 12.8 Å². The number of benzene rings is 1. The van der Waals surface area contributed by atoms with E-state index in [1.165, 1.54) is 11.9 Å². The third-order valence-corrected chi connectivity index (χ3v) is 5.37. The van der Waals surface area contributed by atoms with E-state index < -0.39 is 0 Å². The number of hydrogen-bond acceptors (Lipinski definition) is 6. The van der Waals surface area contributed by atoms with Gasteiger partial charge in [-0.25, -0.2) is 4.79 Å². The van der Waals surface area contributed by atoms with E-state index >= 15 is 0 Å². The van der Waals surface area contributed by atoms with Gasteiger partial charge in [0.2, 0.25) is 5.91 Å². The predicted molar refractivity (Wildman–Crippen MR) is 109 cm³/mol. The number of anilines is 1. The number of hydrogen-bond donors (Lipinski definition) is 0. The number of nitrogens with zero attached hydrogens (tertiary/aromatic N) is 5. The summed E-state index contributed by atoms with van der Waals surface area (Å²) in [6, 6.07) is 7.81. The van der Waals surface area contributed by atoms with Crippen LogP contribution in [0.4, 0.5) is 10.5 Å². The summed E-state index contributed by atoms with van der Waals surface area (Å²) < 4.78 is 5.47. The number of amides is 3. The Morgan fingerprint density at radius 3 is 2.46 bits per heavy atom. The Kier molecular flexibility index (Phi) is 6.51. The number of aliphatic imine (C=N–C) groups is 1. The van der Waals surface area contributed by atoms with Crippen LogP contribution < -0.4 is 9.64 Å². The molecule has 1 aromatic rings. The summed E-state index contributed by atoms with van der Waals surface area (Å²) in [6.07, 6.45) is 1.10. The van der Waals surface area contributed by atoms with Crippen molar-refractivity contribution in [3.8, 4) is 5.75 Å². The van der Waals surface area contributed by atoms with Crippen LogP contribution in [0.2, 0.25) is 0 Å². The summed E-state index contributed by atoms with van der Waals surface area (Å²) in [6.45, 7) is 5.51. The summed E-state index contributed by atoms with van der Waals surface area (Å²) in [5.41, 5.74) is 1.15. The molecule has 3 rings (SSSR count). The number of rotatable bonds is 6. The molecule has 0 unspecified atom stereocenters. The Morgan fingerprint density at radius 2 is 1.75 bits per heavy atom. The summed E-state index contributed by atoms with van der Waals surface area (Å²) >= 11 is 0. The molecule has 1 aromatic carbocycles. The maximum Gasteiger partial charge on any atom is 0.331 e. The van der Waals surface area contributed by atoms with Crippen molar-refractivity contribution in [2.75, 3.05) is 65.4 Å². The molecule has 0 bridgehead atoms. The second kappa shape index (κ2) is 9.05. The smallest absolute Gasteiger partial charge is 0.331 e. The van der Waals surface area contributed by atoms with E-state index in [1.54, 1.807) is 14.2 Å². The van der Waals surface area contributed by atoms with Crippen LogP contribution in [0.1, 0.15) is 12.8 Å². The highest BCUT2D eigenvalue weighted by atomic mass is 16.5. The van der Waals surface area contributed by atoms with Gasteiger partial charge in [-0.15, -0.1) is 0 Å². The van der Waals surface area contributed by atoms with Crippen molar-refractivity contribution < 1.29 is 14.3 Å². The number of para-hydroxylation sites is 2. The molecule has 28 heavy (non-hydrogen) atoms. The standard InChI is InChI=1S/C20H29N5O3/c1-22-18(15-19(26)23(2)20(22)27)21-9-6-10-24-11-13-25(14-12-24)16-7-4-5-8-17(16)28-3/h4-5,7-8H,6,9-15H2,1-3H3. The molecule has 0 radical (unpaired) electrons. The van der Waals surface area contributed by atoms with Crippen LogP contribution in [0.25, 0.3) is 0 Å². The Hall–Kier alpha value is -2.61. The Balaban J connectivity index is 1.44. The molecule has 0 spiro atoms. The third-order valence-electron chi connectivity index (χ3n) is 5.37. The first-order valence-corrected chi connectivity index (χ1v) is 9.69. The summed E-state index contributed by atoms with van der Waals surface area (Å²) in [4.78, 5) is 35.6. The Bertz CT molecular complexity index is 743. The zero-order valence-electron chi connectivity index (χ0n) is 16.9. The number of imide groups is 1. The fraction of sp³-hybridized carbons (Fsp3) is 0.550. The van der Waals surface area contributed by atoms with E-state index in [2.05, 4.69) is 20.9 Å².